The normalized spacial score (nSPS) is 10.9. The largest absolute Gasteiger partial charge is 0.445 e. The molecule has 0 bridgehead atoms. The Balaban J connectivity index is 1.70. The fourth-order valence-electron chi connectivity index (χ4n) is 3.10. The van der Waals surface area contributed by atoms with Crippen molar-refractivity contribution in [1.29, 1.82) is 0 Å². The van der Waals surface area contributed by atoms with Crippen molar-refractivity contribution in [2.24, 2.45) is 0 Å². The molecule has 0 aliphatic heterocycles. The maximum atomic E-state index is 11.6. The third kappa shape index (κ3) is 20.7. The third-order valence-electron chi connectivity index (χ3n) is 4.99. The summed E-state index contributed by atoms with van der Waals surface area (Å²) in [7, 11) is 0. The van der Waals surface area contributed by atoms with Gasteiger partial charge in [0.2, 0.25) is 0 Å². The zero-order valence-electron chi connectivity index (χ0n) is 20.6. The van der Waals surface area contributed by atoms with E-state index in [2.05, 4.69) is 12.2 Å². The van der Waals surface area contributed by atoms with E-state index in [4.69, 9.17) is 23.7 Å². The van der Waals surface area contributed by atoms with Gasteiger partial charge in [0.05, 0.1) is 46.2 Å². The molecule has 1 aromatic rings. The van der Waals surface area contributed by atoms with Crippen LogP contribution in [0.1, 0.15) is 63.9 Å². The zero-order valence-corrected chi connectivity index (χ0v) is 20.6. The number of alkyl carbamates (subject to hydrolysis) is 1. The van der Waals surface area contributed by atoms with Crippen molar-refractivity contribution in [3.8, 4) is 0 Å². The van der Waals surface area contributed by atoms with E-state index in [-0.39, 0.29) is 6.61 Å². The minimum Gasteiger partial charge on any atom is -0.445 e. The van der Waals surface area contributed by atoms with Crippen molar-refractivity contribution < 1.29 is 28.5 Å². The molecule has 0 unspecified atom stereocenters. The lowest BCUT2D eigenvalue weighted by molar-refractivity contribution is -0.00182. The molecular weight excluding hydrogens is 422 g/mol. The van der Waals surface area contributed by atoms with Crippen molar-refractivity contribution in [3.63, 3.8) is 0 Å². The first-order chi connectivity index (χ1) is 16.3. The predicted octanol–water partition coefficient (Wildman–Crippen LogP) is 5.12. The molecule has 0 aromatic heterocycles. The van der Waals surface area contributed by atoms with Crippen LogP contribution in [0.2, 0.25) is 0 Å². The highest BCUT2D eigenvalue weighted by atomic mass is 16.6. The molecule has 7 heteroatoms. The Bertz CT molecular complexity index is 543. The summed E-state index contributed by atoms with van der Waals surface area (Å²) in [6.07, 6.45) is 10.1. The Labute approximate surface area is 200 Å². The van der Waals surface area contributed by atoms with Crippen molar-refractivity contribution >= 4 is 6.09 Å². The van der Waals surface area contributed by atoms with E-state index in [9.17, 15) is 4.79 Å². The van der Waals surface area contributed by atoms with E-state index in [0.717, 1.165) is 18.6 Å². The summed E-state index contributed by atoms with van der Waals surface area (Å²) in [5.41, 5.74) is 0.955. The van der Waals surface area contributed by atoms with E-state index in [0.29, 0.717) is 52.8 Å². The van der Waals surface area contributed by atoms with Crippen LogP contribution < -0.4 is 5.32 Å². The van der Waals surface area contributed by atoms with Crippen LogP contribution in [-0.2, 0) is 30.3 Å². The molecule has 190 valence electrons. The maximum Gasteiger partial charge on any atom is 0.407 e. The number of ether oxygens (including phenoxy) is 5. The molecule has 0 aliphatic carbocycles. The van der Waals surface area contributed by atoms with Crippen molar-refractivity contribution in [2.75, 3.05) is 59.4 Å². The van der Waals surface area contributed by atoms with Gasteiger partial charge >= 0.3 is 6.09 Å². The second kappa shape index (κ2) is 23.5. The Morgan fingerprint density at radius 2 is 1.18 bits per heavy atom. The second-order valence-electron chi connectivity index (χ2n) is 7.91. The topological polar surface area (TPSA) is 75.3 Å². The number of hydrogen-bond donors (Lipinski definition) is 1. The molecular formula is C26H45NO6. The van der Waals surface area contributed by atoms with Gasteiger partial charge in [0.25, 0.3) is 0 Å². The highest BCUT2D eigenvalue weighted by molar-refractivity contribution is 5.67. The molecule has 0 saturated heterocycles. The molecule has 0 atom stereocenters. The van der Waals surface area contributed by atoms with Gasteiger partial charge in [0.1, 0.15) is 6.61 Å². The highest BCUT2D eigenvalue weighted by Gasteiger charge is 2.01. The highest BCUT2D eigenvalue weighted by Crippen LogP contribution is 2.08. The van der Waals surface area contributed by atoms with Crippen LogP contribution in [0.5, 0.6) is 0 Å². The third-order valence-corrected chi connectivity index (χ3v) is 4.99. The lowest BCUT2D eigenvalue weighted by Crippen LogP contribution is -2.28. The number of rotatable bonds is 23. The lowest BCUT2D eigenvalue weighted by atomic mass is 10.1. The number of hydrogen-bond acceptors (Lipinski definition) is 6. The number of benzene rings is 1. The second-order valence-corrected chi connectivity index (χ2v) is 7.91. The van der Waals surface area contributed by atoms with Crippen LogP contribution in [-0.4, -0.2) is 65.5 Å². The van der Waals surface area contributed by atoms with Crippen molar-refractivity contribution in [2.45, 2.75) is 64.9 Å². The standard InChI is InChI=1S/C26H45NO6/c1-2-3-4-5-6-7-8-12-16-29-18-20-31-22-23-32-21-19-30-17-15-27-26(28)33-24-25-13-10-9-11-14-25/h9-11,13-14H,2-8,12,15-24H2,1H3,(H,27,28). The molecule has 0 saturated carbocycles. The zero-order chi connectivity index (χ0) is 23.7. The minimum atomic E-state index is -0.447. The number of nitrogens with one attached hydrogen (secondary N) is 1. The van der Waals surface area contributed by atoms with E-state index < -0.39 is 6.09 Å². The molecule has 1 N–H and O–H groups in total. The van der Waals surface area contributed by atoms with Crippen molar-refractivity contribution in [3.05, 3.63) is 35.9 Å². The van der Waals surface area contributed by atoms with Gasteiger partial charge in [-0.3, -0.25) is 0 Å². The van der Waals surface area contributed by atoms with Crippen LogP contribution in [0.25, 0.3) is 0 Å². The number of amides is 1. The molecule has 0 radical (unpaired) electrons. The number of carbonyl (C=O) groups is 1. The summed E-state index contributed by atoms with van der Waals surface area (Å²) < 4.78 is 27.1. The number of carbonyl (C=O) groups excluding carboxylic acids is 1. The van der Waals surface area contributed by atoms with Crippen LogP contribution in [0, 0.1) is 0 Å². The Morgan fingerprint density at radius 1 is 0.667 bits per heavy atom. The van der Waals surface area contributed by atoms with Gasteiger partial charge < -0.3 is 29.0 Å². The Hall–Kier alpha value is -1.67. The van der Waals surface area contributed by atoms with Crippen molar-refractivity contribution in [1.82, 2.24) is 5.32 Å². The maximum absolute atomic E-state index is 11.6. The molecule has 1 amide bonds. The summed E-state index contributed by atoms with van der Waals surface area (Å²) in [5.74, 6) is 0. The van der Waals surface area contributed by atoms with Crippen LogP contribution in [0.4, 0.5) is 4.79 Å². The molecule has 33 heavy (non-hydrogen) atoms. The predicted molar refractivity (Wildman–Crippen MR) is 131 cm³/mol. The first-order valence-corrected chi connectivity index (χ1v) is 12.6. The van der Waals surface area contributed by atoms with E-state index in [1.165, 1.54) is 44.9 Å². The molecule has 7 nitrogen and oxygen atoms in total. The molecule has 0 heterocycles. The van der Waals surface area contributed by atoms with Gasteiger partial charge in [-0.15, -0.1) is 0 Å². The Morgan fingerprint density at radius 3 is 1.79 bits per heavy atom. The fraction of sp³-hybridized carbons (Fsp3) is 0.731. The quantitative estimate of drug-likeness (QED) is 0.225. The van der Waals surface area contributed by atoms with Crippen LogP contribution >= 0.6 is 0 Å². The average Bonchev–Trinajstić information content (AvgIpc) is 2.84. The summed E-state index contributed by atoms with van der Waals surface area (Å²) in [4.78, 5) is 11.6. The van der Waals surface area contributed by atoms with E-state index >= 15 is 0 Å². The molecule has 0 fully saturated rings. The molecule has 0 aliphatic rings. The molecule has 1 aromatic carbocycles. The minimum absolute atomic E-state index is 0.259. The van der Waals surface area contributed by atoms with Gasteiger partial charge in [-0.2, -0.15) is 0 Å². The summed E-state index contributed by atoms with van der Waals surface area (Å²) in [6.45, 7) is 7.44. The summed E-state index contributed by atoms with van der Waals surface area (Å²) in [5, 5.41) is 2.65. The van der Waals surface area contributed by atoms with Crippen LogP contribution in [0.15, 0.2) is 30.3 Å². The first kappa shape index (κ1) is 29.4. The lowest BCUT2D eigenvalue weighted by Gasteiger charge is -2.09. The molecule has 0 spiro atoms. The van der Waals surface area contributed by atoms with Crippen LogP contribution in [0.3, 0.4) is 0 Å². The number of unbranched alkanes of at least 4 members (excludes halogenated alkanes) is 7. The average molecular weight is 468 g/mol. The van der Waals surface area contributed by atoms with Gasteiger partial charge in [-0.1, -0.05) is 82.2 Å². The van der Waals surface area contributed by atoms with Gasteiger partial charge in [0, 0.05) is 13.2 Å². The first-order valence-electron chi connectivity index (χ1n) is 12.6. The van der Waals surface area contributed by atoms with Gasteiger partial charge in [0.15, 0.2) is 0 Å². The molecule has 1 rings (SSSR count). The van der Waals surface area contributed by atoms with E-state index in [1.54, 1.807) is 0 Å². The van der Waals surface area contributed by atoms with Gasteiger partial charge in [-0.25, -0.2) is 4.79 Å². The monoisotopic (exact) mass is 467 g/mol. The van der Waals surface area contributed by atoms with Gasteiger partial charge in [-0.05, 0) is 12.0 Å². The fourth-order valence-corrected chi connectivity index (χ4v) is 3.10. The SMILES string of the molecule is CCCCCCCCCCOCCOCCOCCOCCNC(=O)OCc1ccccc1. The Kier molecular flexibility index (Phi) is 20.9. The van der Waals surface area contributed by atoms with E-state index in [1.807, 2.05) is 30.3 Å². The summed E-state index contributed by atoms with van der Waals surface area (Å²) in [6, 6.07) is 9.56. The smallest absolute Gasteiger partial charge is 0.407 e. The summed E-state index contributed by atoms with van der Waals surface area (Å²) >= 11 is 0.